The number of nitrogens with zero attached hydrogens (tertiary/aromatic N) is 2. The summed E-state index contributed by atoms with van der Waals surface area (Å²) in [4.78, 5) is 40.7. The van der Waals surface area contributed by atoms with E-state index in [1.54, 1.807) is 43.3 Å². The molecule has 0 unspecified atom stereocenters. The minimum atomic E-state index is -0.447. The number of amides is 1. The third kappa shape index (κ3) is 4.09. The Balaban J connectivity index is 1.62. The molecule has 0 aliphatic heterocycles. The van der Waals surface area contributed by atoms with E-state index < -0.39 is 5.97 Å². The van der Waals surface area contributed by atoms with E-state index in [1.165, 1.54) is 18.0 Å². The molecule has 0 radical (unpaired) electrons. The molecule has 1 heterocycles. The van der Waals surface area contributed by atoms with E-state index >= 15 is 0 Å². The van der Waals surface area contributed by atoms with Crippen LogP contribution < -0.4 is 10.9 Å². The molecule has 7 nitrogen and oxygen atoms in total. The van der Waals surface area contributed by atoms with E-state index in [0.717, 1.165) is 0 Å². The number of ether oxygens (including phenoxy) is 1. The van der Waals surface area contributed by atoms with Crippen LogP contribution in [0.25, 0.3) is 10.9 Å². The molecular weight excluding hydrogens is 358 g/mol. The molecular formula is C21H21N3O4. The number of esters is 1. The number of fused-ring (bicyclic) bond motifs is 1. The lowest BCUT2D eigenvalue weighted by molar-refractivity contribution is -0.116. The fourth-order valence-corrected chi connectivity index (χ4v) is 2.99. The van der Waals surface area contributed by atoms with Crippen LogP contribution in [0.15, 0.2) is 53.6 Å². The summed E-state index contributed by atoms with van der Waals surface area (Å²) < 4.78 is 6.26. The average molecular weight is 379 g/mol. The van der Waals surface area contributed by atoms with Crippen molar-refractivity contribution < 1.29 is 14.3 Å². The average Bonchev–Trinajstić information content (AvgIpc) is 2.71. The maximum atomic E-state index is 12.4. The largest absolute Gasteiger partial charge is 0.465 e. The summed E-state index contributed by atoms with van der Waals surface area (Å²) in [5.41, 5.74) is 2.17. The second-order valence-electron chi connectivity index (χ2n) is 6.38. The number of carbonyl (C=O) groups excluding carboxylic acids is 2. The highest BCUT2D eigenvalue weighted by Gasteiger charge is 2.13. The Kier molecular flexibility index (Phi) is 5.84. The van der Waals surface area contributed by atoms with Crippen molar-refractivity contribution in [3.05, 3.63) is 70.3 Å². The molecule has 0 fully saturated rings. The molecule has 0 spiro atoms. The molecule has 0 saturated carbocycles. The van der Waals surface area contributed by atoms with Gasteiger partial charge in [0.2, 0.25) is 5.91 Å². The highest BCUT2D eigenvalue weighted by Crippen LogP contribution is 2.20. The molecule has 0 aliphatic rings. The number of nitrogens with one attached hydrogen (secondary N) is 1. The highest BCUT2D eigenvalue weighted by molar-refractivity contribution is 5.96. The van der Waals surface area contributed by atoms with E-state index in [1.807, 2.05) is 6.07 Å². The van der Waals surface area contributed by atoms with Gasteiger partial charge >= 0.3 is 5.97 Å². The monoisotopic (exact) mass is 379 g/mol. The standard InChI is InChI=1S/C21H21N3O4/c1-14-15(21(27)28-2)8-5-10-17(14)23-19(25)11-6-12-24-13-22-18-9-4-3-7-16(18)20(24)26/h3-5,7-10,13H,6,11-12H2,1-2H3,(H,23,25). The van der Waals surface area contributed by atoms with E-state index in [0.29, 0.717) is 40.7 Å². The van der Waals surface area contributed by atoms with Crippen molar-refractivity contribution in [2.75, 3.05) is 12.4 Å². The summed E-state index contributed by atoms with van der Waals surface area (Å²) in [6.07, 6.45) is 2.23. The SMILES string of the molecule is COC(=O)c1cccc(NC(=O)CCCn2cnc3ccccc3c2=O)c1C. The number of aryl methyl sites for hydroxylation is 1. The molecule has 1 amide bonds. The predicted molar refractivity (Wildman–Crippen MR) is 106 cm³/mol. The maximum absolute atomic E-state index is 12.4. The molecule has 1 aromatic heterocycles. The summed E-state index contributed by atoms with van der Waals surface area (Å²) in [6, 6.07) is 12.2. The number of hydrogen-bond acceptors (Lipinski definition) is 5. The number of aromatic nitrogens is 2. The Morgan fingerprint density at radius 3 is 2.71 bits per heavy atom. The first-order valence-corrected chi connectivity index (χ1v) is 8.93. The van der Waals surface area contributed by atoms with Crippen LogP contribution in [0.4, 0.5) is 5.69 Å². The quantitative estimate of drug-likeness (QED) is 0.665. The number of hydrogen-bond donors (Lipinski definition) is 1. The molecule has 0 saturated heterocycles. The van der Waals surface area contributed by atoms with Gasteiger partial charge in [-0.05, 0) is 43.2 Å². The van der Waals surface area contributed by atoms with Crippen LogP contribution in [-0.4, -0.2) is 28.5 Å². The van der Waals surface area contributed by atoms with Crippen molar-refractivity contribution in [2.45, 2.75) is 26.3 Å². The van der Waals surface area contributed by atoms with E-state index in [2.05, 4.69) is 10.3 Å². The van der Waals surface area contributed by atoms with Crippen LogP contribution in [0.2, 0.25) is 0 Å². The van der Waals surface area contributed by atoms with Crippen molar-refractivity contribution in [1.29, 1.82) is 0 Å². The minimum Gasteiger partial charge on any atom is -0.465 e. The molecule has 28 heavy (non-hydrogen) atoms. The van der Waals surface area contributed by atoms with Crippen molar-refractivity contribution in [3.8, 4) is 0 Å². The Labute approximate surface area is 162 Å². The van der Waals surface area contributed by atoms with Gasteiger partial charge in [-0.15, -0.1) is 0 Å². The maximum Gasteiger partial charge on any atom is 0.338 e. The van der Waals surface area contributed by atoms with Crippen molar-refractivity contribution in [2.24, 2.45) is 0 Å². The van der Waals surface area contributed by atoms with Crippen LogP contribution in [0.3, 0.4) is 0 Å². The van der Waals surface area contributed by atoms with Gasteiger partial charge in [-0.1, -0.05) is 18.2 Å². The molecule has 3 aromatic rings. The van der Waals surface area contributed by atoms with E-state index in [4.69, 9.17) is 4.74 Å². The Hall–Kier alpha value is -3.48. The van der Waals surface area contributed by atoms with Gasteiger partial charge in [0, 0.05) is 18.7 Å². The third-order valence-electron chi connectivity index (χ3n) is 4.55. The van der Waals surface area contributed by atoms with Gasteiger partial charge in [-0.2, -0.15) is 0 Å². The van der Waals surface area contributed by atoms with Crippen LogP contribution in [0.1, 0.15) is 28.8 Å². The first kappa shape index (κ1) is 19.3. The zero-order chi connectivity index (χ0) is 20.1. The van der Waals surface area contributed by atoms with Gasteiger partial charge in [0.15, 0.2) is 0 Å². The number of rotatable bonds is 6. The fourth-order valence-electron chi connectivity index (χ4n) is 2.99. The Bertz CT molecular complexity index is 1090. The van der Waals surface area contributed by atoms with Gasteiger partial charge in [0.25, 0.3) is 5.56 Å². The van der Waals surface area contributed by atoms with E-state index in [-0.39, 0.29) is 17.9 Å². The summed E-state index contributed by atoms with van der Waals surface area (Å²) in [5, 5.41) is 3.37. The Morgan fingerprint density at radius 1 is 1.14 bits per heavy atom. The highest BCUT2D eigenvalue weighted by atomic mass is 16.5. The lowest BCUT2D eigenvalue weighted by Gasteiger charge is -2.11. The predicted octanol–water partition coefficient (Wildman–Crippen LogP) is 2.91. The van der Waals surface area contributed by atoms with Crippen molar-refractivity contribution in [3.63, 3.8) is 0 Å². The number of carbonyl (C=O) groups is 2. The van der Waals surface area contributed by atoms with Crippen molar-refractivity contribution >= 4 is 28.5 Å². The number of anilines is 1. The van der Waals surface area contributed by atoms with Gasteiger partial charge in [-0.3, -0.25) is 14.2 Å². The fraction of sp³-hybridized carbons (Fsp3) is 0.238. The van der Waals surface area contributed by atoms with Gasteiger partial charge < -0.3 is 10.1 Å². The summed E-state index contributed by atoms with van der Waals surface area (Å²) in [5.74, 6) is -0.635. The van der Waals surface area contributed by atoms with Gasteiger partial charge in [-0.25, -0.2) is 9.78 Å². The molecule has 2 aromatic carbocycles. The smallest absolute Gasteiger partial charge is 0.338 e. The van der Waals surface area contributed by atoms with Gasteiger partial charge in [0.1, 0.15) is 0 Å². The number of para-hydroxylation sites is 1. The van der Waals surface area contributed by atoms with E-state index in [9.17, 15) is 14.4 Å². The Morgan fingerprint density at radius 2 is 1.93 bits per heavy atom. The van der Waals surface area contributed by atoms with Crippen LogP contribution in [-0.2, 0) is 16.1 Å². The molecule has 0 atom stereocenters. The molecule has 0 aliphatic carbocycles. The third-order valence-corrected chi connectivity index (χ3v) is 4.55. The summed E-state index contributed by atoms with van der Waals surface area (Å²) in [7, 11) is 1.32. The lowest BCUT2D eigenvalue weighted by Crippen LogP contribution is -2.21. The van der Waals surface area contributed by atoms with Gasteiger partial charge in [0.05, 0.1) is 29.9 Å². The number of methoxy groups -OCH3 is 1. The van der Waals surface area contributed by atoms with Crippen molar-refractivity contribution in [1.82, 2.24) is 9.55 Å². The van der Waals surface area contributed by atoms with Crippen LogP contribution >= 0.6 is 0 Å². The molecule has 7 heteroatoms. The second kappa shape index (κ2) is 8.47. The summed E-state index contributed by atoms with van der Waals surface area (Å²) >= 11 is 0. The molecule has 1 N–H and O–H groups in total. The first-order valence-electron chi connectivity index (χ1n) is 8.93. The van der Waals surface area contributed by atoms with Crippen LogP contribution in [0, 0.1) is 6.92 Å². The zero-order valence-electron chi connectivity index (χ0n) is 15.8. The minimum absolute atomic E-state index is 0.118. The topological polar surface area (TPSA) is 90.3 Å². The summed E-state index contributed by atoms with van der Waals surface area (Å²) in [6.45, 7) is 2.15. The van der Waals surface area contributed by atoms with Crippen LogP contribution in [0.5, 0.6) is 0 Å². The number of benzene rings is 2. The lowest BCUT2D eigenvalue weighted by atomic mass is 10.1. The molecule has 0 bridgehead atoms. The molecule has 144 valence electrons. The normalized spacial score (nSPS) is 10.6. The zero-order valence-corrected chi connectivity index (χ0v) is 15.8. The molecule has 3 rings (SSSR count). The first-order chi connectivity index (χ1) is 13.5. The second-order valence-corrected chi connectivity index (χ2v) is 6.38.